The maximum absolute atomic E-state index is 6.42. The van der Waals surface area contributed by atoms with E-state index in [0.717, 1.165) is 28.6 Å². The zero-order valence-corrected chi connectivity index (χ0v) is 11.7. The fourth-order valence-corrected chi connectivity index (χ4v) is 4.13. The molecule has 2 aliphatic rings. The fraction of sp³-hybridized carbons (Fsp3) is 0.600. The van der Waals surface area contributed by atoms with Gasteiger partial charge in [0.05, 0.1) is 0 Å². The Kier molecular flexibility index (Phi) is 3.27. The summed E-state index contributed by atoms with van der Waals surface area (Å²) in [6, 6.07) is 8.98. The van der Waals surface area contributed by atoms with Crippen molar-refractivity contribution in [1.82, 2.24) is 0 Å². The van der Waals surface area contributed by atoms with Crippen molar-refractivity contribution in [2.24, 2.45) is 23.5 Å². The molecule has 17 heavy (non-hydrogen) atoms. The molecule has 2 heteroatoms. The summed E-state index contributed by atoms with van der Waals surface area (Å²) in [5.41, 5.74) is 7.80. The lowest BCUT2D eigenvalue weighted by molar-refractivity contribution is 0.280. The molecule has 4 atom stereocenters. The molecule has 2 N–H and O–H groups in total. The molecule has 2 fully saturated rings. The highest BCUT2D eigenvalue weighted by molar-refractivity contribution is 9.10. The van der Waals surface area contributed by atoms with E-state index in [1.54, 1.807) is 0 Å². The van der Waals surface area contributed by atoms with Gasteiger partial charge in [0.25, 0.3) is 0 Å². The van der Waals surface area contributed by atoms with Gasteiger partial charge in [-0.3, -0.25) is 0 Å². The van der Waals surface area contributed by atoms with Gasteiger partial charge in [-0.1, -0.05) is 34.5 Å². The van der Waals surface area contributed by atoms with E-state index >= 15 is 0 Å². The number of hydrogen-bond acceptors (Lipinski definition) is 1. The van der Waals surface area contributed by atoms with Crippen molar-refractivity contribution in [2.45, 2.75) is 38.1 Å². The molecule has 0 heterocycles. The average Bonchev–Trinajstić information content (AvgIpc) is 2.94. The van der Waals surface area contributed by atoms with E-state index in [4.69, 9.17) is 5.73 Å². The number of hydrogen-bond donors (Lipinski definition) is 1. The lowest BCUT2D eigenvalue weighted by Crippen LogP contribution is -2.35. The molecule has 0 radical (unpaired) electrons. The Hall–Kier alpha value is -0.340. The molecule has 0 saturated heterocycles. The van der Waals surface area contributed by atoms with E-state index in [9.17, 15) is 0 Å². The van der Waals surface area contributed by atoms with E-state index in [-0.39, 0.29) is 0 Å². The number of halogens is 1. The summed E-state index contributed by atoms with van der Waals surface area (Å²) in [6.45, 7) is 0. The summed E-state index contributed by atoms with van der Waals surface area (Å²) in [7, 11) is 0. The van der Waals surface area contributed by atoms with Gasteiger partial charge in [-0.05, 0) is 61.1 Å². The van der Waals surface area contributed by atoms with Gasteiger partial charge in [-0.15, -0.1) is 0 Å². The van der Waals surface area contributed by atoms with E-state index in [0.29, 0.717) is 6.04 Å². The van der Waals surface area contributed by atoms with Gasteiger partial charge in [0.15, 0.2) is 0 Å². The van der Waals surface area contributed by atoms with Crippen molar-refractivity contribution >= 4 is 15.9 Å². The molecule has 2 saturated carbocycles. The molecule has 0 spiro atoms. The first kappa shape index (κ1) is 11.7. The molecule has 4 unspecified atom stereocenters. The molecule has 1 aromatic carbocycles. The first-order chi connectivity index (χ1) is 8.22. The van der Waals surface area contributed by atoms with Crippen LogP contribution < -0.4 is 5.73 Å². The minimum atomic E-state index is 0.367. The van der Waals surface area contributed by atoms with Gasteiger partial charge in [0.1, 0.15) is 0 Å². The molecule has 3 rings (SSSR count). The van der Waals surface area contributed by atoms with Crippen molar-refractivity contribution in [3.05, 3.63) is 34.3 Å². The minimum absolute atomic E-state index is 0.367. The lowest BCUT2D eigenvalue weighted by atomic mass is 9.81. The Labute approximate surface area is 112 Å². The largest absolute Gasteiger partial charge is 0.327 e. The second kappa shape index (κ2) is 4.74. The number of nitrogens with two attached hydrogens (primary N) is 1. The van der Waals surface area contributed by atoms with Gasteiger partial charge in [-0.2, -0.15) is 0 Å². The molecule has 2 aliphatic carbocycles. The smallest absolute Gasteiger partial charge is 0.0175 e. The lowest BCUT2D eigenvalue weighted by Gasteiger charge is -2.27. The predicted octanol–water partition coefficient (Wildman–Crippen LogP) is 3.76. The molecule has 0 aromatic heterocycles. The Bertz CT molecular complexity index is 386. The van der Waals surface area contributed by atoms with Crippen molar-refractivity contribution in [2.75, 3.05) is 0 Å². The van der Waals surface area contributed by atoms with Crippen LogP contribution in [0.1, 0.15) is 31.2 Å². The van der Waals surface area contributed by atoms with Crippen LogP contribution in [0.2, 0.25) is 0 Å². The first-order valence-corrected chi connectivity index (χ1v) is 7.51. The van der Waals surface area contributed by atoms with E-state index < -0.39 is 0 Å². The second-order valence-corrected chi connectivity index (χ2v) is 6.75. The van der Waals surface area contributed by atoms with Crippen LogP contribution in [0.15, 0.2) is 28.7 Å². The Morgan fingerprint density at radius 1 is 1.18 bits per heavy atom. The van der Waals surface area contributed by atoms with Gasteiger partial charge >= 0.3 is 0 Å². The standard InChI is InChI=1S/C15H20BrN/c16-13-5-2-10(3-6-13)9-15(17)14-8-11-1-4-12(14)7-11/h2-3,5-6,11-12,14-15H,1,4,7-9,17H2. The molecule has 92 valence electrons. The summed E-state index contributed by atoms with van der Waals surface area (Å²) in [6.07, 6.45) is 6.79. The summed E-state index contributed by atoms with van der Waals surface area (Å²) >= 11 is 3.47. The fourth-order valence-electron chi connectivity index (χ4n) is 3.86. The van der Waals surface area contributed by atoms with Gasteiger partial charge in [0.2, 0.25) is 0 Å². The maximum atomic E-state index is 6.42. The minimum Gasteiger partial charge on any atom is -0.327 e. The molecule has 1 aromatic rings. The summed E-state index contributed by atoms with van der Waals surface area (Å²) in [4.78, 5) is 0. The molecular formula is C15H20BrN. The maximum Gasteiger partial charge on any atom is 0.0175 e. The number of rotatable bonds is 3. The highest BCUT2D eigenvalue weighted by atomic mass is 79.9. The van der Waals surface area contributed by atoms with E-state index in [1.165, 1.54) is 31.2 Å². The third kappa shape index (κ3) is 2.43. The SMILES string of the molecule is NC(Cc1ccc(Br)cc1)C1CC2CCC1C2. The number of fused-ring (bicyclic) bond motifs is 2. The zero-order valence-electron chi connectivity index (χ0n) is 10.1. The Balaban J connectivity index is 1.63. The van der Waals surface area contributed by atoms with Crippen molar-refractivity contribution in [3.8, 4) is 0 Å². The summed E-state index contributed by atoms with van der Waals surface area (Å²) < 4.78 is 1.15. The molecule has 2 bridgehead atoms. The van der Waals surface area contributed by atoms with Crippen LogP contribution in [0.3, 0.4) is 0 Å². The third-order valence-corrected chi connectivity index (χ3v) is 5.26. The predicted molar refractivity (Wildman–Crippen MR) is 74.8 cm³/mol. The normalized spacial score (nSPS) is 32.9. The molecule has 1 nitrogen and oxygen atoms in total. The Morgan fingerprint density at radius 3 is 2.53 bits per heavy atom. The summed E-state index contributed by atoms with van der Waals surface area (Å²) in [5, 5.41) is 0. The average molecular weight is 294 g/mol. The first-order valence-electron chi connectivity index (χ1n) is 6.72. The number of benzene rings is 1. The van der Waals surface area contributed by atoms with E-state index in [2.05, 4.69) is 40.2 Å². The third-order valence-electron chi connectivity index (χ3n) is 4.73. The second-order valence-electron chi connectivity index (χ2n) is 5.83. The van der Waals surface area contributed by atoms with Crippen LogP contribution in [0.5, 0.6) is 0 Å². The molecular weight excluding hydrogens is 274 g/mol. The quantitative estimate of drug-likeness (QED) is 0.902. The van der Waals surface area contributed by atoms with Crippen LogP contribution in [-0.2, 0) is 6.42 Å². The molecule has 0 amide bonds. The zero-order chi connectivity index (χ0) is 11.8. The van der Waals surface area contributed by atoms with Crippen LogP contribution in [0, 0.1) is 17.8 Å². The van der Waals surface area contributed by atoms with Gasteiger partial charge in [-0.25, -0.2) is 0 Å². The van der Waals surface area contributed by atoms with Crippen LogP contribution in [0.25, 0.3) is 0 Å². The van der Waals surface area contributed by atoms with Gasteiger partial charge < -0.3 is 5.73 Å². The molecule has 0 aliphatic heterocycles. The topological polar surface area (TPSA) is 26.0 Å². The van der Waals surface area contributed by atoms with Crippen molar-refractivity contribution in [1.29, 1.82) is 0 Å². The van der Waals surface area contributed by atoms with Crippen LogP contribution in [0.4, 0.5) is 0 Å². The van der Waals surface area contributed by atoms with Gasteiger partial charge in [0, 0.05) is 10.5 Å². The van der Waals surface area contributed by atoms with Crippen molar-refractivity contribution < 1.29 is 0 Å². The highest BCUT2D eigenvalue weighted by Gasteiger charge is 2.41. The van der Waals surface area contributed by atoms with Crippen LogP contribution in [-0.4, -0.2) is 6.04 Å². The van der Waals surface area contributed by atoms with Crippen molar-refractivity contribution in [3.63, 3.8) is 0 Å². The Morgan fingerprint density at radius 2 is 1.94 bits per heavy atom. The monoisotopic (exact) mass is 293 g/mol. The highest BCUT2D eigenvalue weighted by Crippen LogP contribution is 2.49. The van der Waals surface area contributed by atoms with E-state index in [1.807, 2.05) is 0 Å². The van der Waals surface area contributed by atoms with Crippen LogP contribution >= 0.6 is 15.9 Å². The summed E-state index contributed by atoms with van der Waals surface area (Å²) in [5.74, 6) is 2.73.